The Morgan fingerprint density at radius 3 is 2.60 bits per heavy atom. The molecule has 6 heteroatoms. The lowest BCUT2D eigenvalue weighted by Gasteiger charge is -2.25. The maximum atomic E-state index is 12.2. The van der Waals surface area contributed by atoms with E-state index in [0.29, 0.717) is 11.4 Å². The molecule has 5 nitrogen and oxygen atoms in total. The molecule has 0 fully saturated rings. The summed E-state index contributed by atoms with van der Waals surface area (Å²) in [6, 6.07) is 3.53. The Hall–Kier alpha value is -1.40. The van der Waals surface area contributed by atoms with Crippen LogP contribution < -0.4 is 10.0 Å². The minimum absolute atomic E-state index is 0.379. The van der Waals surface area contributed by atoms with Gasteiger partial charge in [0, 0.05) is 6.54 Å². The number of carbonyl (C=O) groups is 1. The molecule has 20 heavy (non-hydrogen) atoms. The smallest absolute Gasteiger partial charge is 0.414 e. The van der Waals surface area contributed by atoms with Gasteiger partial charge in [-0.1, -0.05) is 0 Å². The predicted molar refractivity (Wildman–Crippen MR) is 79.1 cm³/mol. The number of fused-ring (bicyclic) bond motifs is 1. The van der Waals surface area contributed by atoms with Gasteiger partial charge >= 0.3 is 6.09 Å². The van der Waals surface area contributed by atoms with Crippen molar-refractivity contribution in [2.75, 3.05) is 11.4 Å². The van der Waals surface area contributed by atoms with E-state index in [4.69, 9.17) is 9.88 Å². The number of aryl methyl sites for hydroxylation is 1. The average Bonchev–Trinajstić information content (AvgIpc) is 2.70. The first-order valence-corrected chi connectivity index (χ1v) is 7.70. The molecular weight excluding hydrogens is 276 g/mol. The number of nitrogens with zero attached hydrogens (tertiary/aromatic N) is 1. The summed E-state index contributed by atoms with van der Waals surface area (Å²) in [6.45, 7) is 8.01. The summed E-state index contributed by atoms with van der Waals surface area (Å²) in [7, 11) is -1.56. The Morgan fingerprint density at radius 2 is 2.05 bits per heavy atom. The first-order valence-electron chi connectivity index (χ1n) is 6.49. The normalized spacial score (nSPS) is 15.9. The van der Waals surface area contributed by atoms with Gasteiger partial charge < -0.3 is 4.74 Å². The highest BCUT2D eigenvalue weighted by molar-refractivity contribution is 7.82. The minimum Gasteiger partial charge on any atom is -0.443 e. The second-order valence-corrected chi connectivity index (χ2v) is 6.98. The fourth-order valence-electron chi connectivity index (χ4n) is 2.30. The van der Waals surface area contributed by atoms with Gasteiger partial charge in [-0.15, -0.1) is 0 Å². The van der Waals surface area contributed by atoms with Crippen LogP contribution in [-0.4, -0.2) is 22.4 Å². The molecule has 1 heterocycles. The number of anilines is 1. The third-order valence-electron chi connectivity index (χ3n) is 3.15. The van der Waals surface area contributed by atoms with Crippen LogP contribution >= 0.6 is 0 Å². The van der Waals surface area contributed by atoms with Gasteiger partial charge in [0.15, 0.2) is 0 Å². The summed E-state index contributed by atoms with van der Waals surface area (Å²) in [5.41, 5.74) is 2.31. The number of nitrogens with two attached hydrogens (primary N) is 1. The topological polar surface area (TPSA) is 72.6 Å². The van der Waals surface area contributed by atoms with Gasteiger partial charge in [-0.05, 0) is 57.4 Å². The summed E-state index contributed by atoms with van der Waals surface area (Å²) in [5, 5.41) is 5.44. The van der Waals surface area contributed by atoms with Crippen molar-refractivity contribution in [2.45, 2.75) is 44.6 Å². The molecule has 1 amide bonds. The summed E-state index contributed by atoms with van der Waals surface area (Å²) >= 11 is 0. The molecular formula is C14H20N2O3S. The van der Waals surface area contributed by atoms with Crippen LogP contribution in [0.15, 0.2) is 17.0 Å². The van der Waals surface area contributed by atoms with E-state index in [2.05, 4.69) is 0 Å². The molecule has 0 aromatic heterocycles. The molecule has 1 atom stereocenters. The van der Waals surface area contributed by atoms with E-state index >= 15 is 0 Å². The first kappa shape index (κ1) is 15.0. The number of amides is 1. The molecule has 1 aromatic carbocycles. The Morgan fingerprint density at radius 1 is 1.40 bits per heavy atom. The molecule has 0 saturated heterocycles. The molecule has 1 unspecified atom stereocenters. The fraction of sp³-hybridized carbons (Fsp3) is 0.500. The molecule has 0 saturated carbocycles. The van der Waals surface area contributed by atoms with Crippen molar-refractivity contribution in [2.24, 2.45) is 5.14 Å². The summed E-state index contributed by atoms with van der Waals surface area (Å²) < 4.78 is 16.9. The second kappa shape index (κ2) is 5.18. The van der Waals surface area contributed by atoms with Crippen molar-refractivity contribution >= 4 is 22.8 Å². The lowest BCUT2D eigenvalue weighted by molar-refractivity contribution is 0.0584. The van der Waals surface area contributed by atoms with Gasteiger partial charge in [0.2, 0.25) is 0 Å². The number of carbonyl (C=O) groups excluding carboxylic acids is 1. The molecule has 1 aliphatic heterocycles. The Kier molecular flexibility index (Phi) is 3.88. The molecule has 2 N–H and O–H groups in total. The van der Waals surface area contributed by atoms with Crippen molar-refractivity contribution in [1.29, 1.82) is 0 Å². The standard InChI is InChI=1S/C14H20N2O3S/c1-9-7-10(20(15)18)8-12-11(9)5-6-16(12)13(17)19-14(2,3)4/h7-8H,5-6,15H2,1-4H3. The van der Waals surface area contributed by atoms with E-state index in [-0.39, 0.29) is 6.09 Å². The number of rotatable bonds is 1. The zero-order valence-electron chi connectivity index (χ0n) is 12.2. The van der Waals surface area contributed by atoms with Crippen LogP contribution in [-0.2, 0) is 22.1 Å². The SMILES string of the molecule is Cc1cc(S(N)=O)cc2c1CCN2C(=O)OC(C)(C)C. The molecule has 1 aromatic rings. The lowest BCUT2D eigenvalue weighted by atomic mass is 10.1. The van der Waals surface area contributed by atoms with Gasteiger partial charge in [-0.2, -0.15) is 0 Å². The first-order chi connectivity index (χ1) is 9.19. The maximum Gasteiger partial charge on any atom is 0.414 e. The van der Waals surface area contributed by atoms with Crippen molar-refractivity contribution in [1.82, 2.24) is 0 Å². The van der Waals surface area contributed by atoms with Crippen LogP contribution in [0, 0.1) is 6.92 Å². The van der Waals surface area contributed by atoms with E-state index in [1.165, 1.54) is 0 Å². The van der Waals surface area contributed by atoms with E-state index in [9.17, 15) is 9.00 Å². The van der Waals surface area contributed by atoms with Crippen molar-refractivity contribution in [3.8, 4) is 0 Å². The number of hydrogen-bond donors (Lipinski definition) is 1. The van der Waals surface area contributed by atoms with Crippen LogP contribution in [0.4, 0.5) is 10.5 Å². The molecule has 0 bridgehead atoms. The third-order valence-corrected chi connectivity index (χ3v) is 3.85. The quantitative estimate of drug-likeness (QED) is 0.864. The van der Waals surface area contributed by atoms with E-state index in [1.54, 1.807) is 11.0 Å². The van der Waals surface area contributed by atoms with Crippen LogP contribution in [0.25, 0.3) is 0 Å². The van der Waals surface area contributed by atoms with E-state index in [1.807, 2.05) is 33.8 Å². The Labute approximate surface area is 121 Å². The third kappa shape index (κ3) is 3.02. The van der Waals surface area contributed by atoms with E-state index in [0.717, 1.165) is 23.2 Å². The number of benzene rings is 1. The highest BCUT2D eigenvalue weighted by atomic mass is 32.2. The van der Waals surface area contributed by atoms with Gasteiger partial charge in [-0.3, -0.25) is 4.90 Å². The molecule has 2 rings (SSSR count). The van der Waals surface area contributed by atoms with Crippen LogP contribution in [0.2, 0.25) is 0 Å². The van der Waals surface area contributed by atoms with Crippen molar-refractivity contribution in [3.05, 3.63) is 23.3 Å². The number of ether oxygens (including phenoxy) is 1. The zero-order valence-corrected chi connectivity index (χ0v) is 13.0. The fourth-order valence-corrected chi connectivity index (χ4v) is 2.82. The van der Waals surface area contributed by atoms with Crippen molar-refractivity contribution < 1.29 is 13.7 Å². The summed E-state index contributed by atoms with van der Waals surface area (Å²) in [5.74, 6) is 0. The monoisotopic (exact) mass is 296 g/mol. The molecule has 1 aliphatic rings. The largest absolute Gasteiger partial charge is 0.443 e. The summed E-state index contributed by atoms with van der Waals surface area (Å²) in [4.78, 5) is 14.3. The molecule has 0 aliphatic carbocycles. The van der Waals surface area contributed by atoms with Crippen LogP contribution in [0.3, 0.4) is 0 Å². The van der Waals surface area contributed by atoms with Gasteiger partial charge in [0.25, 0.3) is 0 Å². The Balaban J connectivity index is 2.36. The molecule has 110 valence electrons. The molecule has 0 radical (unpaired) electrons. The van der Waals surface area contributed by atoms with E-state index < -0.39 is 16.6 Å². The maximum absolute atomic E-state index is 12.2. The minimum atomic E-state index is -1.56. The molecule has 0 spiro atoms. The van der Waals surface area contributed by atoms with Crippen LogP contribution in [0.1, 0.15) is 31.9 Å². The number of hydrogen-bond acceptors (Lipinski definition) is 3. The highest BCUT2D eigenvalue weighted by Crippen LogP contribution is 2.33. The second-order valence-electron chi connectivity index (χ2n) is 5.92. The highest BCUT2D eigenvalue weighted by Gasteiger charge is 2.30. The van der Waals surface area contributed by atoms with Crippen LogP contribution in [0.5, 0.6) is 0 Å². The van der Waals surface area contributed by atoms with Gasteiger partial charge in [-0.25, -0.2) is 14.1 Å². The lowest BCUT2D eigenvalue weighted by Crippen LogP contribution is -2.35. The predicted octanol–water partition coefficient (Wildman–Crippen LogP) is 2.27. The summed E-state index contributed by atoms with van der Waals surface area (Å²) in [6.07, 6.45) is 0.397. The zero-order chi connectivity index (χ0) is 15.1. The van der Waals surface area contributed by atoms with Gasteiger partial charge in [0.05, 0.1) is 10.6 Å². The Bertz CT molecular complexity index is 579. The van der Waals surface area contributed by atoms with Crippen molar-refractivity contribution in [3.63, 3.8) is 0 Å². The average molecular weight is 296 g/mol. The van der Waals surface area contributed by atoms with Gasteiger partial charge in [0.1, 0.15) is 16.6 Å².